The van der Waals surface area contributed by atoms with Crippen molar-refractivity contribution in [3.05, 3.63) is 50.6 Å². The Hall–Kier alpha value is -2.95. The van der Waals surface area contributed by atoms with E-state index in [1.807, 2.05) is 19.9 Å². The molecule has 1 aliphatic carbocycles. The van der Waals surface area contributed by atoms with E-state index in [-0.39, 0.29) is 35.7 Å². The van der Waals surface area contributed by atoms with Crippen molar-refractivity contribution in [3.8, 4) is 0 Å². The summed E-state index contributed by atoms with van der Waals surface area (Å²) in [6.07, 6.45) is 2.45. The van der Waals surface area contributed by atoms with Gasteiger partial charge in [0.15, 0.2) is 5.01 Å². The summed E-state index contributed by atoms with van der Waals surface area (Å²) in [6, 6.07) is 6.46. The van der Waals surface area contributed by atoms with Gasteiger partial charge in [-0.25, -0.2) is 4.98 Å². The first-order valence-corrected chi connectivity index (χ1v) is 14.2. The van der Waals surface area contributed by atoms with Crippen LogP contribution >= 0.6 is 22.9 Å². The maximum Gasteiger partial charge on any atom is 0.280 e. The highest BCUT2D eigenvalue weighted by atomic mass is 35.5. The SMILES string of the molecule is CC(C)NC(=O)[C@H]1CC[C@H](NC(=O)c2cc3cc(Cl)ccc3[nH]2)[C@H](NC(=O)c2nc3c(s2)CN(C)CC3)C1. The summed E-state index contributed by atoms with van der Waals surface area (Å²) < 4.78 is 0. The number of nitrogens with zero attached hydrogens (tertiary/aromatic N) is 2. The van der Waals surface area contributed by atoms with Crippen molar-refractivity contribution in [1.29, 1.82) is 0 Å². The Labute approximate surface area is 230 Å². The maximum atomic E-state index is 13.3. The Morgan fingerprint density at radius 1 is 1.13 bits per heavy atom. The molecule has 3 atom stereocenters. The van der Waals surface area contributed by atoms with Crippen molar-refractivity contribution in [2.75, 3.05) is 13.6 Å². The maximum absolute atomic E-state index is 13.3. The molecule has 3 amide bonds. The molecule has 0 spiro atoms. The Morgan fingerprint density at radius 2 is 1.92 bits per heavy atom. The summed E-state index contributed by atoms with van der Waals surface area (Å²) >= 11 is 7.52. The fraction of sp³-hybridized carbons (Fsp3) is 0.481. The first-order chi connectivity index (χ1) is 18.2. The molecule has 38 heavy (non-hydrogen) atoms. The average Bonchev–Trinajstić information content (AvgIpc) is 3.48. The zero-order chi connectivity index (χ0) is 27.0. The van der Waals surface area contributed by atoms with E-state index in [4.69, 9.17) is 11.6 Å². The number of carbonyl (C=O) groups is 3. The fourth-order valence-electron chi connectivity index (χ4n) is 5.27. The second-order valence-corrected chi connectivity index (χ2v) is 12.1. The minimum absolute atomic E-state index is 0.0238. The summed E-state index contributed by atoms with van der Waals surface area (Å²) in [6.45, 7) is 5.56. The monoisotopic (exact) mass is 556 g/mol. The molecule has 202 valence electrons. The third kappa shape index (κ3) is 5.87. The molecule has 9 nitrogen and oxygen atoms in total. The summed E-state index contributed by atoms with van der Waals surface area (Å²) in [5.41, 5.74) is 2.22. The lowest BCUT2D eigenvalue weighted by Gasteiger charge is -2.36. The number of likely N-dealkylation sites (N-methyl/N-ethyl adjacent to an activating group) is 1. The smallest absolute Gasteiger partial charge is 0.280 e. The van der Waals surface area contributed by atoms with Crippen LogP contribution in [-0.2, 0) is 17.8 Å². The molecule has 3 aromatic rings. The van der Waals surface area contributed by atoms with Crippen molar-refractivity contribution >= 4 is 51.6 Å². The van der Waals surface area contributed by atoms with Gasteiger partial charge >= 0.3 is 0 Å². The minimum atomic E-state index is -0.412. The summed E-state index contributed by atoms with van der Waals surface area (Å²) in [5, 5.41) is 11.1. The minimum Gasteiger partial charge on any atom is -0.354 e. The van der Waals surface area contributed by atoms with Gasteiger partial charge in [0.25, 0.3) is 11.8 Å². The van der Waals surface area contributed by atoms with Crippen LogP contribution in [0.2, 0.25) is 5.02 Å². The summed E-state index contributed by atoms with van der Waals surface area (Å²) in [4.78, 5) is 50.4. The number of nitrogens with one attached hydrogen (secondary N) is 4. The normalized spacial score (nSPS) is 21.8. The molecule has 3 heterocycles. The molecule has 0 unspecified atom stereocenters. The first-order valence-electron chi connectivity index (χ1n) is 13.0. The van der Waals surface area contributed by atoms with Crippen LogP contribution in [0.4, 0.5) is 0 Å². The number of halogens is 1. The largest absolute Gasteiger partial charge is 0.354 e. The highest BCUT2D eigenvalue weighted by Crippen LogP contribution is 2.28. The number of fused-ring (bicyclic) bond motifs is 2. The van der Waals surface area contributed by atoms with Crippen LogP contribution in [0.15, 0.2) is 24.3 Å². The van der Waals surface area contributed by atoms with Crippen LogP contribution in [0.3, 0.4) is 0 Å². The molecule has 2 aromatic heterocycles. The fourth-order valence-corrected chi connectivity index (χ4v) is 6.54. The Morgan fingerprint density at radius 3 is 2.71 bits per heavy atom. The molecule has 0 bridgehead atoms. The zero-order valence-electron chi connectivity index (χ0n) is 21.8. The molecule has 4 N–H and O–H groups in total. The molecule has 1 fully saturated rings. The average molecular weight is 557 g/mol. The molecule has 2 aliphatic rings. The van der Waals surface area contributed by atoms with Gasteiger partial charge in [-0.05, 0) is 64.4 Å². The van der Waals surface area contributed by atoms with Crippen molar-refractivity contribution in [1.82, 2.24) is 30.8 Å². The number of aromatic amines is 1. The van der Waals surface area contributed by atoms with Gasteiger partial charge in [0, 0.05) is 58.3 Å². The standard InChI is InChI=1S/C27H33ClN6O3S/c1-14(2)29-24(35)15-4-6-19(31-25(36)22-12-16-10-17(28)5-7-18(16)30-22)21(11-15)32-26(37)27-33-20-8-9-34(3)13-23(20)38-27/h5,7,10,12,14-15,19,21,30H,4,6,8-9,11,13H2,1-3H3,(H,29,35)(H,31,36)(H,32,37)/t15-,19-,21+/m0/s1. The lowest BCUT2D eigenvalue weighted by Crippen LogP contribution is -2.56. The second kappa shape index (κ2) is 11.0. The first kappa shape index (κ1) is 26.6. The molecule has 5 rings (SSSR count). The zero-order valence-corrected chi connectivity index (χ0v) is 23.3. The molecule has 0 saturated heterocycles. The number of hydrogen-bond acceptors (Lipinski definition) is 6. The molecule has 1 aromatic carbocycles. The third-order valence-electron chi connectivity index (χ3n) is 7.23. The van der Waals surface area contributed by atoms with Crippen LogP contribution in [0.1, 0.15) is 64.0 Å². The predicted molar refractivity (Wildman–Crippen MR) is 149 cm³/mol. The number of amides is 3. The van der Waals surface area contributed by atoms with E-state index in [2.05, 4.69) is 37.9 Å². The van der Waals surface area contributed by atoms with E-state index < -0.39 is 6.04 Å². The van der Waals surface area contributed by atoms with E-state index >= 15 is 0 Å². The highest BCUT2D eigenvalue weighted by Gasteiger charge is 2.37. The number of thiazole rings is 1. The third-order valence-corrected chi connectivity index (χ3v) is 8.55. The van der Waals surface area contributed by atoms with Gasteiger partial charge in [-0.15, -0.1) is 11.3 Å². The van der Waals surface area contributed by atoms with Gasteiger partial charge in [0.2, 0.25) is 5.91 Å². The Balaban J connectivity index is 1.33. The van der Waals surface area contributed by atoms with Crippen molar-refractivity contribution in [2.24, 2.45) is 5.92 Å². The quantitative estimate of drug-likeness (QED) is 0.370. The van der Waals surface area contributed by atoms with E-state index in [1.54, 1.807) is 18.2 Å². The molecular weight excluding hydrogens is 524 g/mol. The van der Waals surface area contributed by atoms with Gasteiger partial charge < -0.3 is 25.8 Å². The van der Waals surface area contributed by atoms with E-state index in [9.17, 15) is 14.4 Å². The van der Waals surface area contributed by atoms with Gasteiger partial charge in [-0.1, -0.05) is 11.6 Å². The number of rotatable bonds is 6. The second-order valence-electron chi connectivity index (χ2n) is 10.6. The lowest BCUT2D eigenvalue weighted by atomic mass is 9.81. The van der Waals surface area contributed by atoms with E-state index in [1.165, 1.54) is 11.3 Å². The topological polar surface area (TPSA) is 119 Å². The molecule has 11 heteroatoms. The molecule has 1 aliphatic heterocycles. The van der Waals surface area contributed by atoms with E-state index in [0.29, 0.717) is 35.0 Å². The van der Waals surface area contributed by atoms with Crippen LogP contribution in [0.5, 0.6) is 0 Å². The molecule has 1 saturated carbocycles. The van der Waals surface area contributed by atoms with Crippen molar-refractivity contribution in [3.63, 3.8) is 0 Å². The van der Waals surface area contributed by atoms with Gasteiger partial charge in [0.05, 0.1) is 11.7 Å². The van der Waals surface area contributed by atoms with Crippen LogP contribution < -0.4 is 16.0 Å². The Kier molecular flexibility index (Phi) is 7.74. The molecular formula is C27H33ClN6O3S. The van der Waals surface area contributed by atoms with Gasteiger partial charge in [-0.3, -0.25) is 14.4 Å². The van der Waals surface area contributed by atoms with Gasteiger partial charge in [0.1, 0.15) is 5.69 Å². The van der Waals surface area contributed by atoms with Crippen LogP contribution in [-0.4, -0.2) is 64.3 Å². The van der Waals surface area contributed by atoms with Gasteiger partial charge in [-0.2, -0.15) is 0 Å². The molecule has 0 radical (unpaired) electrons. The van der Waals surface area contributed by atoms with Crippen LogP contribution in [0, 0.1) is 5.92 Å². The number of aromatic nitrogens is 2. The number of carbonyl (C=O) groups excluding carboxylic acids is 3. The summed E-state index contributed by atoms with van der Waals surface area (Å²) in [5.74, 6) is -0.797. The lowest BCUT2D eigenvalue weighted by molar-refractivity contribution is -0.126. The Bertz CT molecular complexity index is 1370. The predicted octanol–water partition coefficient (Wildman–Crippen LogP) is 3.49. The van der Waals surface area contributed by atoms with Crippen molar-refractivity contribution in [2.45, 2.75) is 64.2 Å². The van der Waals surface area contributed by atoms with E-state index in [0.717, 1.165) is 41.0 Å². The number of hydrogen-bond donors (Lipinski definition) is 4. The summed E-state index contributed by atoms with van der Waals surface area (Å²) in [7, 11) is 2.06. The number of H-pyrrole nitrogens is 1. The number of benzene rings is 1. The van der Waals surface area contributed by atoms with Crippen LogP contribution in [0.25, 0.3) is 10.9 Å². The highest BCUT2D eigenvalue weighted by molar-refractivity contribution is 7.13. The van der Waals surface area contributed by atoms with Crippen molar-refractivity contribution < 1.29 is 14.4 Å².